The van der Waals surface area contributed by atoms with Crippen molar-refractivity contribution in [2.75, 3.05) is 5.75 Å². The number of thioether (sulfide) groups is 1. The van der Waals surface area contributed by atoms with E-state index in [9.17, 15) is 4.79 Å². The van der Waals surface area contributed by atoms with E-state index in [4.69, 9.17) is 5.41 Å². The number of nitrogens with one attached hydrogen (secondary N) is 2. The minimum atomic E-state index is -0.243. The molecule has 0 aromatic carbocycles. The Bertz CT molecular complexity index is 125. The first-order valence-corrected chi connectivity index (χ1v) is 3.17. The Hall–Kier alpha value is -0.510. The Morgan fingerprint density at radius 3 is 3.00 bits per heavy atom. The van der Waals surface area contributed by atoms with E-state index in [0.29, 0.717) is 10.9 Å². The predicted molar refractivity (Wildman–Crippen MR) is 32.8 cm³/mol. The first-order chi connectivity index (χ1) is 3.83. The molecule has 1 radical (unpaired) electrons. The van der Waals surface area contributed by atoms with E-state index < -0.39 is 0 Å². The van der Waals surface area contributed by atoms with Gasteiger partial charge in [-0.3, -0.25) is 10.2 Å². The van der Waals surface area contributed by atoms with Crippen molar-refractivity contribution in [1.82, 2.24) is 5.32 Å². The molecule has 2 N–H and O–H groups in total. The van der Waals surface area contributed by atoms with Crippen LogP contribution in [0.4, 0.5) is 0 Å². The summed E-state index contributed by atoms with van der Waals surface area (Å²) in [5, 5.41) is 9.95. The minimum Gasteiger partial charge on any atom is -0.354 e. The lowest BCUT2D eigenvalue weighted by atomic mass is 10.4. The molecule has 1 unspecified atom stereocenters. The quantitative estimate of drug-likeness (QED) is 0.512. The van der Waals surface area contributed by atoms with Crippen LogP contribution in [0.2, 0.25) is 0 Å². The molecule has 0 aromatic rings. The monoisotopic (exact) mass is 129 g/mol. The zero-order valence-electron chi connectivity index (χ0n) is 4.10. The lowest BCUT2D eigenvalue weighted by molar-refractivity contribution is 0.542. The van der Waals surface area contributed by atoms with Crippen molar-refractivity contribution in [2.24, 2.45) is 0 Å². The Labute approximate surface area is 51.3 Å². The number of carbonyl (C=O) groups excluding carboxylic acids is 1. The smallest absolute Gasteiger partial charge is 0.223 e. The van der Waals surface area contributed by atoms with Crippen LogP contribution in [0.25, 0.3) is 0 Å². The van der Waals surface area contributed by atoms with Gasteiger partial charge >= 0.3 is 0 Å². The summed E-state index contributed by atoms with van der Waals surface area (Å²) in [5.74, 6) is 0.655. The molecular weight excluding hydrogens is 124 g/mol. The summed E-state index contributed by atoms with van der Waals surface area (Å²) >= 11 is 1.34. The summed E-state index contributed by atoms with van der Waals surface area (Å²) in [4.78, 5) is 9.86. The molecule has 3 nitrogen and oxygen atoms in total. The fourth-order valence-electron chi connectivity index (χ4n) is 0.472. The molecule has 0 aliphatic carbocycles. The maximum absolute atomic E-state index is 9.86. The van der Waals surface area contributed by atoms with Gasteiger partial charge in [0.25, 0.3) is 0 Å². The van der Waals surface area contributed by atoms with Gasteiger partial charge in [0, 0.05) is 5.75 Å². The van der Waals surface area contributed by atoms with Crippen molar-refractivity contribution in [3.8, 4) is 0 Å². The Morgan fingerprint density at radius 2 is 2.75 bits per heavy atom. The molecule has 43 valence electrons. The summed E-state index contributed by atoms with van der Waals surface area (Å²) in [5.41, 5.74) is 0. The molecule has 1 aliphatic rings. The van der Waals surface area contributed by atoms with Crippen LogP contribution in [0, 0.1) is 5.41 Å². The zero-order chi connectivity index (χ0) is 5.98. The van der Waals surface area contributed by atoms with E-state index in [-0.39, 0.29) is 6.04 Å². The molecule has 8 heavy (non-hydrogen) atoms. The molecule has 0 spiro atoms. The molecule has 0 aromatic heterocycles. The normalized spacial score (nSPS) is 27.5. The van der Waals surface area contributed by atoms with E-state index in [1.807, 2.05) is 0 Å². The molecule has 0 bridgehead atoms. The summed E-state index contributed by atoms with van der Waals surface area (Å²) in [7, 11) is 0. The molecule has 1 fully saturated rings. The summed E-state index contributed by atoms with van der Waals surface area (Å²) in [6, 6.07) is -0.243. The fourth-order valence-corrected chi connectivity index (χ4v) is 1.18. The van der Waals surface area contributed by atoms with Gasteiger partial charge in [0.05, 0.1) is 0 Å². The standard InChI is InChI=1S/C4H5N2OS/c5-4-6-3(1-7)2-8-4/h3H,2H2,(H2,5,6). The second-order valence-corrected chi connectivity index (χ2v) is 2.49. The number of amidine groups is 1. The number of hydrogen-bond donors (Lipinski definition) is 2. The average Bonchev–Trinajstić information content (AvgIpc) is 2.14. The second kappa shape index (κ2) is 2.17. The van der Waals surface area contributed by atoms with Gasteiger partial charge in [-0.15, -0.1) is 0 Å². The average molecular weight is 129 g/mol. The molecule has 1 heterocycles. The van der Waals surface area contributed by atoms with Crippen molar-refractivity contribution >= 4 is 23.2 Å². The first kappa shape index (κ1) is 5.62. The summed E-state index contributed by atoms with van der Waals surface area (Å²) in [6.07, 6.45) is 1.77. The highest BCUT2D eigenvalue weighted by Gasteiger charge is 2.17. The van der Waals surface area contributed by atoms with Crippen molar-refractivity contribution in [3.05, 3.63) is 0 Å². The van der Waals surface area contributed by atoms with E-state index >= 15 is 0 Å². The van der Waals surface area contributed by atoms with Gasteiger partial charge in [-0.2, -0.15) is 0 Å². The third kappa shape index (κ3) is 1.01. The Kier molecular flexibility index (Phi) is 1.53. The van der Waals surface area contributed by atoms with Crippen LogP contribution >= 0.6 is 11.8 Å². The SMILES string of the molecule is N=C1NC([C]=O)CS1. The molecule has 1 rings (SSSR count). The van der Waals surface area contributed by atoms with Crippen LogP contribution in [0.5, 0.6) is 0 Å². The predicted octanol–water partition coefficient (Wildman–Crippen LogP) is -0.264. The van der Waals surface area contributed by atoms with E-state index in [1.54, 1.807) is 6.29 Å². The third-order valence-electron chi connectivity index (χ3n) is 0.842. The van der Waals surface area contributed by atoms with Crippen LogP contribution < -0.4 is 5.32 Å². The van der Waals surface area contributed by atoms with Crippen LogP contribution in [0.3, 0.4) is 0 Å². The maximum atomic E-state index is 9.86. The van der Waals surface area contributed by atoms with E-state index in [1.165, 1.54) is 11.8 Å². The van der Waals surface area contributed by atoms with Crippen molar-refractivity contribution in [1.29, 1.82) is 5.41 Å². The summed E-state index contributed by atoms with van der Waals surface area (Å²) in [6.45, 7) is 0. The number of hydrogen-bond acceptors (Lipinski definition) is 3. The fraction of sp³-hybridized carbons (Fsp3) is 0.500. The van der Waals surface area contributed by atoms with Crippen molar-refractivity contribution in [3.63, 3.8) is 0 Å². The van der Waals surface area contributed by atoms with Gasteiger partial charge in [-0.05, 0) is 0 Å². The molecule has 4 heteroatoms. The first-order valence-electron chi connectivity index (χ1n) is 2.18. The lowest BCUT2D eigenvalue weighted by Crippen LogP contribution is -2.27. The highest BCUT2D eigenvalue weighted by Crippen LogP contribution is 2.09. The molecule has 0 saturated carbocycles. The topological polar surface area (TPSA) is 53.0 Å². The maximum Gasteiger partial charge on any atom is 0.223 e. The highest BCUT2D eigenvalue weighted by atomic mass is 32.2. The van der Waals surface area contributed by atoms with Gasteiger partial charge < -0.3 is 5.32 Å². The van der Waals surface area contributed by atoms with Crippen molar-refractivity contribution < 1.29 is 4.79 Å². The Morgan fingerprint density at radius 1 is 2.00 bits per heavy atom. The molecular formula is C4H5N2OS. The van der Waals surface area contributed by atoms with Gasteiger partial charge in [-0.1, -0.05) is 11.8 Å². The van der Waals surface area contributed by atoms with Crippen LogP contribution in [-0.2, 0) is 4.79 Å². The van der Waals surface area contributed by atoms with E-state index in [2.05, 4.69) is 5.32 Å². The summed E-state index contributed by atoms with van der Waals surface area (Å²) < 4.78 is 0. The number of rotatable bonds is 1. The van der Waals surface area contributed by atoms with Gasteiger partial charge in [0.2, 0.25) is 6.29 Å². The third-order valence-corrected chi connectivity index (χ3v) is 1.75. The largest absolute Gasteiger partial charge is 0.354 e. The van der Waals surface area contributed by atoms with Gasteiger partial charge in [0.1, 0.15) is 6.04 Å². The molecule has 1 saturated heterocycles. The molecule has 1 atom stereocenters. The van der Waals surface area contributed by atoms with Crippen LogP contribution in [0.1, 0.15) is 0 Å². The molecule has 1 aliphatic heterocycles. The minimum absolute atomic E-state index is 0.243. The van der Waals surface area contributed by atoms with E-state index in [0.717, 1.165) is 0 Å². The van der Waals surface area contributed by atoms with Crippen LogP contribution in [-0.4, -0.2) is 23.2 Å². The van der Waals surface area contributed by atoms with Crippen molar-refractivity contribution in [2.45, 2.75) is 6.04 Å². The second-order valence-electron chi connectivity index (χ2n) is 1.45. The zero-order valence-corrected chi connectivity index (χ0v) is 4.92. The van der Waals surface area contributed by atoms with Crippen LogP contribution in [0.15, 0.2) is 0 Å². The molecule has 0 amide bonds. The lowest BCUT2D eigenvalue weighted by Gasteiger charge is -1.93. The van der Waals surface area contributed by atoms with Gasteiger partial charge in [-0.25, -0.2) is 0 Å². The van der Waals surface area contributed by atoms with Gasteiger partial charge in [0.15, 0.2) is 5.17 Å². The highest BCUT2D eigenvalue weighted by molar-refractivity contribution is 8.14. The Balaban J connectivity index is 2.43.